The Balaban J connectivity index is 1.91. The minimum atomic E-state index is -1.79. The first-order chi connectivity index (χ1) is 29.6. The van der Waals surface area contributed by atoms with Crippen molar-refractivity contribution < 1.29 is 64.6 Å². The van der Waals surface area contributed by atoms with Gasteiger partial charge in [-0.3, -0.25) is 4.79 Å². The molecule has 12 atom stereocenters. The Morgan fingerprint density at radius 2 is 1.08 bits per heavy atom. The quantitative estimate of drug-likeness (QED) is 0.0309. The Kier molecular flexibility index (Phi) is 31.0. The first kappa shape index (κ1) is 55.1. The topological polar surface area (TPSA) is 228 Å². The van der Waals surface area contributed by atoms with Crippen LogP contribution in [0.4, 0.5) is 0 Å². The molecule has 0 saturated carbocycles. The van der Waals surface area contributed by atoms with E-state index in [-0.39, 0.29) is 18.9 Å². The molecule has 14 nitrogen and oxygen atoms in total. The molecule has 2 aliphatic heterocycles. The molecule has 2 aliphatic rings. The van der Waals surface area contributed by atoms with Crippen molar-refractivity contribution in [1.29, 1.82) is 0 Å². The molecule has 354 valence electrons. The van der Waals surface area contributed by atoms with Crippen LogP contribution in [0.5, 0.6) is 0 Å². The van der Waals surface area contributed by atoms with Crippen LogP contribution in [-0.2, 0) is 23.7 Å². The van der Waals surface area contributed by atoms with Crippen LogP contribution in [0, 0.1) is 0 Å². The molecule has 1 amide bonds. The fourth-order valence-electron chi connectivity index (χ4n) is 7.32. The molecule has 2 rings (SSSR count). The summed E-state index contributed by atoms with van der Waals surface area (Å²) in [5.74, 6) is -0.269. The van der Waals surface area contributed by atoms with Crippen LogP contribution in [0.1, 0.15) is 149 Å². The highest BCUT2D eigenvalue weighted by molar-refractivity contribution is 5.76. The molecule has 61 heavy (non-hydrogen) atoms. The zero-order valence-electron chi connectivity index (χ0n) is 37.1. The van der Waals surface area contributed by atoms with Gasteiger partial charge in [0, 0.05) is 6.42 Å². The molecule has 2 heterocycles. The average molecular weight is 870 g/mol. The molecule has 0 radical (unpaired) electrons. The maximum atomic E-state index is 13.1. The minimum absolute atomic E-state index is 0.257. The number of unbranched alkanes of at least 4 members (excludes halogenated alkanes) is 15. The van der Waals surface area contributed by atoms with Crippen LogP contribution in [0.2, 0.25) is 0 Å². The fourth-order valence-corrected chi connectivity index (χ4v) is 7.32. The second kappa shape index (κ2) is 34.4. The summed E-state index contributed by atoms with van der Waals surface area (Å²) in [5.41, 5.74) is 0. The van der Waals surface area contributed by atoms with Crippen molar-refractivity contribution in [2.75, 3.05) is 19.8 Å². The van der Waals surface area contributed by atoms with Gasteiger partial charge in [0.05, 0.1) is 32.0 Å². The van der Waals surface area contributed by atoms with Gasteiger partial charge in [0.15, 0.2) is 12.6 Å². The minimum Gasteiger partial charge on any atom is -0.394 e. The predicted octanol–water partition coefficient (Wildman–Crippen LogP) is 4.93. The van der Waals surface area contributed by atoms with E-state index in [9.17, 15) is 45.6 Å². The van der Waals surface area contributed by atoms with Crippen LogP contribution in [-0.4, -0.2) is 140 Å². The third kappa shape index (κ3) is 22.4. The zero-order valence-corrected chi connectivity index (χ0v) is 37.1. The van der Waals surface area contributed by atoms with Crippen molar-refractivity contribution in [3.8, 4) is 0 Å². The lowest BCUT2D eigenvalue weighted by Gasteiger charge is -2.46. The summed E-state index contributed by atoms with van der Waals surface area (Å²) in [6.45, 7) is 2.65. The van der Waals surface area contributed by atoms with Crippen molar-refractivity contribution in [2.45, 2.75) is 222 Å². The number of ether oxygens (including phenoxy) is 4. The monoisotopic (exact) mass is 870 g/mol. The molecule has 14 heteroatoms. The number of carbonyl (C=O) groups excluding carboxylic acids is 1. The van der Waals surface area contributed by atoms with Gasteiger partial charge in [-0.15, -0.1) is 0 Å². The number of aliphatic hydroxyl groups excluding tert-OH is 8. The Morgan fingerprint density at radius 3 is 1.67 bits per heavy atom. The first-order valence-corrected chi connectivity index (χ1v) is 23.4. The molecule has 2 fully saturated rings. The maximum absolute atomic E-state index is 13.1. The SMILES string of the molecule is CCC/C=C\CCCCCCCC(=O)NC(COC1OC(CO)C(OC2OC(CO)C(O)C(O)C2O)C(O)C1O)C(O)/C=C/CC/C=C/CC/C=C/CCCCCCCCC. The molecule has 9 N–H and O–H groups in total. The summed E-state index contributed by atoms with van der Waals surface area (Å²) in [4.78, 5) is 13.1. The lowest BCUT2D eigenvalue weighted by Crippen LogP contribution is -2.65. The number of allylic oxidation sites excluding steroid dienone is 7. The Bertz CT molecular complexity index is 1210. The van der Waals surface area contributed by atoms with Crippen molar-refractivity contribution in [2.24, 2.45) is 0 Å². The molecule has 0 aromatic heterocycles. The van der Waals surface area contributed by atoms with Gasteiger partial charge in [0.1, 0.15) is 48.8 Å². The van der Waals surface area contributed by atoms with Crippen molar-refractivity contribution >= 4 is 5.91 Å². The second-order valence-electron chi connectivity index (χ2n) is 16.5. The third-order valence-electron chi connectivity index (χ3n) is 11.2. The van der Waals surface area contributed by atoms with Gasteiger partial charge in [0.2, 0.25) is 5.91 Å². The molecule has 0 spiro atoms. The molecule has 0 bridgehead atoms. The van der Waals surface area contributed by atoms with Crippen molar-refractivity contribution in [1.82, 2.24) is 5.32 Å². The smallest absolute Gasteiger partial charge is 0.220 e. The van der Waals surface area contributed by atoms with Gasteiger partial charge < -0.3 is 65.1 Å². The Morgan fingerprint density at radius 1 is 0.574 bits per heavy atom. The summed E-state index contributed by atoms with van der Waals surface area (Å²) >= 11 is 0. The maximum Gasteiger partial charge on any atom is 0.220 e. The summed E-state index contributed by atoms with van der Waals surface area (Å²) in [6.07, 6.45) is 21.7. The standard InChI is InChI=1S/C47H83NO13/c1-3-5-7-9-11-13-15-16-17-18-19-20-21-22-24-26-28-30-36(51)35(48-39(52)31-29-27-25-23-14-12-10-8-6-4-2)34-58-46-44(57)42(55)45(38(33-50)60-46)61-47-43(56)41(54)40(53)37(32-49)59-47/h8,10,17-18,21-22,28,30,35-38,40-47,49-51,53-57H,3-7,9,11-16,19-20,23-27,29,31-34H2,1-2H3,(H,48,52)/b10-8-,18-17+,22-21+,30-28+. The van der Waals surface area contributed by atoms with Gasteiger partial charge in [-0.2, -0.15) is 0 Å². The van der Waals surface area contributed by atoms with E-state index in [1.165, 1.54) is 44.9 Å². The summed E-state index contributed by atoms with van der Waals surface area (Å²) in [7, 11) is 0. The summed E-state index contributed by atoms with van der Waals surface area (Å²) < 4.78 is 22.6. The molecule has 0 aromatic rings. The number of rotatable bonds is 34. The first-order valence-electron chi connectivity index (χ1n) is 23.4. The summed E-state index contributed by atoms with van der Waals surface area (Å²) in [6, 6.07) is -0.939. The van der Waals surface area contributed by atoms with Crippen LogP contribution in [0.15, 0.2) is 48.6 Å². The highest BCUT2D eigenvalue weighted by atomic mass is 16.7. The van der Waals surface area contributed by atoms with Crippen molar-refractivity contribution in [3.05, 3.63) is 48.6 Å². The number of carbonyl (C=O) groups is 1. The molecule has 0 aliphatic carbocycles. The fraction of sp³-hybridized carbons (Fsp3) is 0.809. The summed E-state index contributed by atoms with van der Waals surface area (Å²) in [5, 5.41) is 86.4. The Hall–Kier alpha value is -2.05. The molecular weight excluding hydrogens is 787 g/mol. The molecule has 0 aromatic carbocycles. The van der Waals surface area contributed by atoms with E-state index >= 15 is 0 Å². The van der Waals surface area contributed by atoms with Gasteiger partial charge in [-0.25, -0.2) is 0 Å². The van der Waals surface area contributed by atoms with Gasteiger partial charge in [0.25, 0.3) is 0 Å². The van der Waals surface area contributed by atoms with E-state index in [1.54, 1.807) is 6.08 Å². The highest BCUT2D eigenvalue weighted by Gasteiger charge is 2.50. The number of amides is 1. The Labute approximate surface area is 365 Å². The highest BCUT2D eigenvalue weighted by Crippen LogP contribution is 2.30. The van der Waals surface area contributed by atoms with E-state index in [0.717, 1.165) is 70.6 Å². The number of hydrogen-bond acceptors (Lipinski definition) is 13. The van der Waals surface area contributed by atoms with Crippen LogP contribution < -0.4 is 5.32 Å². The van der Waals surface area contributed by atoms with Gasteiger partial charge >= 0.3 is 0 Å². The van der Waals surface area contributed by atoms with Gasteiger partial charge in [-0.05, 0) is 64.2 Å². The zero-order chi connectivity index (χ0) is 44.7. The van der Waals surface area contributed by atoms with E-state index in [1.807, 2.05) is 6.08 Å². The third-order valence-corrected chi connectivity index (χ3v) is 11.2. The molecule has 2 saturated heterocycles. The lowest BCUT2D eigenvalue weighted by molar-refractivity contribution is -0.359. The lowest BCUT2D eigenvalue weighted by atomic mass is 9.97. The average Bonchev–Trinajstić information content (AvgIpc) is 3.26. The molecular formula is C47H83NO13. The molecule has 12 unspecified atom stereocenters. The number of aliphatic hydroxyl groups is 8. The largest absolute Gasteiger partial charge is 0.394 e. The van der Waals surface area contributed by atoms with E-state index in [4.69, 9.17) is 18.9 Å². The van der Waals surface area contributed by atoms with Crippen LogP contribution >= 0.6 is 0 Å². The van der Waals surface area contributed by atoms with Crippen LogP contribution in [0.3, 0.4) is 0 Å². The number of hydrogen-bond donors (Lipinski definition) is 9. The van der Waals surface area contributed by atoms with Crippen molar-refractivity contribution in [3.63, 3.8) is 0 Å². The van der Waals surface area contributed by atoms with E-state index in [2.05, 4.69) is 55.6 Å². The number of nitrogens with one attached hydrogen (secondary N) is 1. The predicted molar refractivity (Wildman–Crippen MR) is 235 cm³/mol. The van der Waals surface area contributed by atoms with E-state index in [0.29, 0.717) is 12.8 Å². The normalized spacial score (nSPS) is 28.4. The second-order valence-corrected chi connectivity index (χ2v) is 16.5. The van der Waals surface area contributed by atoms with Gasteiger partial charge in [-0.1, -0.05) is 127 Å². The van der Waals surface area contributed by atoms with Crippen LogP contribution in [0.25, 0.3) is 0 Å². The van der Waals surface area contributed by atoms with E-state index < -0.39 is 86.8 Å².